The zero-order valence-electron chi connectivity index (χ0n) is 9.19. The molecule has 0 fully saturated rings. The second kappa shape index (κ2) is 3.21. The van der Waals surface area contributed by atoms with E-state index in [1.54, 1.807) is 0 Å². The standard InChI is InChI=1S/C12H13ClN2/c1-7-8-4-12(2,3)5-9(8)10(6-14)11(13)15-7/h4-5H2,1-3H3. The van der Waals surface area contributed by atoms with Crippen LogP contribution in [0.4, 0.5) is 0 Å². The third-order valence-corrected chi connectivity index (χ3v) is 3.27. The fraction of sp³-hybridized carbons (Fsp3) is 0.500. The lowest BCUT2D eigenvalue weighted by atomic mass is 9.90. The molecule has 1 aromatic heterocycles. The topological polar surface area (TPSA) is 36.7 Å². The van der Waals surface area contributed by atoms with Gasteiger partial charge in [0.15, 0.2) is 0 Å². The number of aryl methyl sites for hydroxylation is 1. The van der Waals surface area contributed by atoms with Crippen molar-refractivity contribution in [2.45, 2.75) is 33.6 Å². The fourth-order valence-electron chi connectivity index (χ4n) is 2.33. The molecule has 0 saturated heterocycles. The maximum absolute atomic E-state index is 9.07. The average Bonchev–Trinajstić information content (AvgIpc) is 2.42. The summed E-state index contributed by atoms with van der Waals surface area (Å²) in [6.07, 6.45) is 1.92. The molecule has 0 atom stereocenters. The van der Waals surface area contributed by atoms with E-state index in [0.717, 1.165) is 24.1 Å². The van der Waals surface area contributed by atoms with Crippen molar-refractivity contribution in [3.63, 3.8) is 0 Å². The molecule has 0 aliphatic heterocycles. The number of halogens is 1. The van der Waals surface area contributed by atoms with Gasteiger partial charge in [0.25, 0.3) is 0 Å². The molecule has 0 unspecified atom stereocenters. The minimum absolute atomic E-state index is 0.227. The summed E-state index contributed by atoms with van der Waals surface area (Å²) < 4.78 is 0. The number of nitriles is 1. The number of rotatable bonds is 0. The molecule has 0 amide bonds. The number of nitrogens with zero attached hydrogens (tertiary/aromatic N) is 2. The van der Waals surface area contributed by atoms with Crippen LogP contribution in [-0.2, 0) is 12.8 Å². The maximum atomic E-state index is 9.07. The van der Waals surface area contributed by atoms with Crippen LogP contribution in [0.2, 0.25) is 5.15 Å². The van der Waals surface area contributed by atoms with Crippen LogP contribution < -0.4 is 0 Å². The van der Waals surface area contributed by atoms with Crippen molar-refractivity contribution in [3.8, 4) is 6.07 Å². The molecule has 0 spiro atoms. The van der Waals surface area contributed by atoms with Crippen LogP contribution in [-0.4, -0.2) is 4.98 Å². The number of hydrogen-bond donors (Lipinski definition) is 0. The van der Waals surface area contributed by atoms with E-state index in [0.29, 0.717) is 10.7 Å². The second-order valence-electron chi connectivity index (χ2n) is 4.95. The van der Waals surface area contributed by atoms with Crippen molar-refractivity contribution < 1.29 is 0 Å². The quantitative estimate of drug-likeness (QED) is 0.631. The van der Waals surface area contributed by atoms with E-state index in [1.165, 1.54) is 5.56 Å². The number of pyridine rings is 1. The Bertz CT molecular complexity index is 469. The molecule has 1 aromatic rings. The van der Waals surface area contributed by atoms with Crippen LogP contribution in [0, 0.1) is 23.7 Å². The normalized spacial score (nSPS) is 17.3. The summed E-state index contributed by atoms with van der Waals surface area (Å²) in [5.74, 6) is 0. The van der Waals surface area contributed by atoms with Gasteiger partial charge in [0.2, 0.25) is 0 Å². The van der Waals surface area contributed by atoms with E-state index in [4.69, 9.17) is 16.9 Å². The summed E-state index contributed by atoms with van der Waals surface area (Å²) in [7, 11) is 0. The van der Waals surface area contributed by atoms with Crippen LogP contribution in [0.5, 0.6) is 0 Å². The van der Waals surface area contributed by atoms with Crippen LogP contribution in [0.1, 0.15) is 36.2 Å². The third-order valence-electron chi connectivity index (χ3n) is 3.00. The summed E-state index contributed by atoms with van der Waals surface area (Å²) in [6.45, 7) is 6.39. The first-order valence-corrected chi connectivity index (χ1v) is 5.40. The predicted octanol–water partition coefficient (Wildman–Crippen LogP) is 3.04. The molecule has 1 aliphatic carbocycles. The van der Waals surface area contributed by atoms with Gasteiger partial charge in [-0.15, -0.1) is 0 Å². The Kier molecular flexibility index (Phi) is 2.24. The van der Waals surface area contributed by atoms with Gasteiger partial charge in [0.05, 0.1) is 5.56 Å². The summed E-state index contributed by atoms with van der Waals surface area (Å²) in [6, 6.07) is 2.17. The van der Waals surface area contributed by atoms with Gasteiger partial charge in [-0.1, -0.05) is 25.4 Å². The van der Waals surface area contributed by atoms with E-state index in [-0.39, 0.29) is 5.41 Å². The van der Waals surface area contributed by atoms with Gasteiger partial charge in [0, 0.05) is 5.69 Å². The Morgan fingerprint density at radius 1 is 1.33 bits per heavy atom. The van der Waals surface area contributed by atoms with Crippen LogP contribution in [0.3, 0.4) is 0 Å². The van der Waals surface area contributed by atoms with Crippen molar-refractivity contribution in [2.24, 2.45) is 5.41 Å². The Morgan fingerprint density at radius 3 is 2.53 bits per heavy atom. The molecule has 1 aliphatic rings. The van der Waals surface area contributed by atoms with Crippen LogP contribution >= 0.6 is 11.6 Å². The SMILES string of the molecule is Cc1nc(Cl)c(C#N)c2c1CC(C)(C)C2. The maximum Gasteiger partial charge on any atom is 0.147 e. The largest absolute Gasteiger partial charge is 0.240 e. The van der Waals surface area contributed by atoms with Crippen molar-refractivity contribution in [3.05, 3.63) is 27.5 Å². The molecule has 0 radical (unpaired) electrons. The molecule has 0 bridgehead atoms. The highest BCUT2D eigenvalue weighted by atomic mass is 35.5. The summed E-state index contributed by atoms with van der Waals surface area (Å²) >= 11 is 5.97. The van der Waals surface area contributed by atoms with E-state index in [2.05, 4.69) is 24.9 Å². The van der Waals surface area contributed by atoms with Gasteiger partial charge in [-0.2, -0.15) is 5.26 Å². The molecule has 2 nitrogen and oxygen atoms in total. The van der Waals surface area contributed by atoms with Crippen molar-refractivity contribution in [2.75, 3.05) is 0 Å². The van der Waals surface area contributed by atoms with Gasteiger partial charge in [0.1, 0.15) is 11.2 Å². The lowest BCUT2D eigenvalue weighted by Crippen LogP contribution is -2.10. The average molecular weight is 221 g/mol. The zero-order valence-corrected chi connectivity index (χ0v) is 9.94. The Hall–Kier alpha value is -1.07. The Labute approximate surface area is 94.9 Å². The first-order chi connectivity index (χ1) is 6.94. The van der Waals surface area contributed by atoms with Gasteiger partial charge < -0.3 is 0 Å². The fourth-order valence-corrected chi connectivity index (χ4v) is 2.61. The third kappa shape index (κ3) is 1.61. The lowest BCUT2D eigenvalue weighted by molar-refractivity contribution is 0.392. The van der Waals surface area contributed by atoms with E-state index >= 15 is 0 Å². The molecular weight excluding hydrogens is 208 g/mol. The molecule has 0 N–H and O–H groups in total. The van der Waals surface area contributed by atoms with Crippen molar-refractivity contribution in [1.29, 1.82) is 5.26 Å². The van der Waals surface area contributed by atoms with E-state index < -0.39 is 0 Å². The lowest BCUT2D eigenvalue weighted by Gasteiger charge is -2.14. The molecule has 3 heteroatoms. The molecule has 78 valence electrons. The molecule has 2 rings (SSSR count). The van der Waals surface area contributed by atoms with Crippen molar-refractivity contribution in [1.82, 2.24) is 4.98 Å². The molecule has 0 aromatic carbocycles. The number of aromatic nitrogens is 1. The van der Waals surface area contributed by atoms with E-state index in [1.807, 2.05) is 6.92 Å². The van der Waals surface area contributed by atoms with Gasteiger partial charge in [-0.05, 0) is 36.3 Å². The zero-order chi connectivity index (χ0) is 11.2. The number of hydrogen-bond acceptors (Lipinski definition) is 2. The molecule has 1 heterocycles. The highest BCUT2D eigenvalue weighted by molar-refractivity contribution is 6.30. The first-order valence-electron chi connectivity index (χ1n) is 5.02. The highest BCUT2D eigenvalue weighted by Gasteiger charge is 2.32. The Morgan fingerprint density at radius 2 is 1.93 bits per heavy atom. The van der Waals surface area contributed by atoms with Gasteiger partial charge >= 0.3 is 0 Å². The van der Waals surface area contributed by atoms with Crippen molar-refractivity contribution >= 4 is 11.6 Å². The minimum Gasteiger partial charge on any atom is -0.240 e. The van der Waals surface area contributed by atoms with Gasteiger partial charge in [-0.3, -0.25) is 0 Å². The second-order valence-corrected chi connectivity index (χ2v) is 5.31. The first kappa shape index (κ1) is 10.4. The summed E-state index contributed by atoms with van der Waals surface area (Å²) in [4.78, 5) is 4.22. The summed E-state index contributed by atoms with van der Waals surface area (Å²) in [5, 5.41) is 9.42. The van der Waals surface area contributed by atoms with E-state index in [9.17, 15) is 0 Å². The monoisotopic (exact) mass is 220 g/mol. The minimum atomic E-state index is 0.227. The highest BCUT2D eigenvalue weighted by Crippen LogP contribution is 2.40. The van der Waals surface area contributed by atoms with Crippen LogP contribution in [0.25, 0.3) is 0 Å². The molecular formula is C12H13ClN2. The van der Waals surface area contributed by atoms with Crippen LogP contribution in [0.15, 0.2) is 0 Å². The molecule has 0 saturated carbocycles. The Balaban J connectivity index is 2.68. The molecule has 15 heavy (non-hydrogen) atoms. The smallest absolute Gasteiger partial charge is 0.147 e. The number of fused-ring (bicyclic) bond motifs is 1. The summed E-state index contributed by atoms with van der Waals surface area (Å²) in [5.41, 5.74) is 4.11. The predicted molar refractivity (Wildman–Crippen MR) is 59.9 cm³/mol. The van der Waals surface area contributed by atoms with Gasteiger partial charge in [-0.25, -0.2) is 4.98 Å².